The normalized spacial score (nSPS) is 11.1. The summed E-state index contributed by atoms with van der Waals surface area (Å²) in [6.45, 7) is 1.26. The summed E-state index contributed by atoms with van der Waals surface area (Å²) >= 11 is 0. The molecule has 1 N–H and O–H groups in total. The van der Waals surface area contributed by atoms with E-state index in [0.29, 0.717) is 26.1 Å². The first-order valence-corrected chi connectivity index (χ1v) is 8.26. The van der Waals surface area contributed by atoms with Crippen LogP contribution in [-0.2, 0) is 21.3 Å². The van der Waals surface area contributed by atoms with Crippen molar-refractivity contribution in [3.63, 3.8) is 0 Å². The standard InChI is InChI=1S/C14H22O4S.Na.H/c15-19(16,17)13-7-6-12-18-11-5-4-10-14-8-2-1-3-9-14;;/h1-3,8-9H,4-7,10-13H2,(H,15,16,17);;/q;+1;-1. The molecule has 0 unspecified atom stereocenters. The van der Waals surface area contributed by atoms with Gasteiger partial charge in [0.1, 0.15) is 0 Å². The van der Waals surface area contributed by atoms with Crippen LogP contribution < -0.4 is 29.6 Å². The summed E-state index contributed by atoms with van der Waals surface area (Å²) in [5, 5.41) is 0. The Hall–Kier alpha value is 0.0900. The van der Waals surface area contributed by atoms with E-state index in [-0.39, 0.29) is 36.7 Å². The van der Waals surface area contributed by atoms with Gasteiger partial charge < -0.3 is 6.16 Å². The molecule has 1 aromatic carbocycles. The van der Waals surface area contributed by atoms with Gasteiger partial charge in [-0.1, -0.05) is 30.3 Å². The zero-order chi connectivity index (χ0) is 14.0. The van der Waals surface area contributed by atoms with Crippen molar-refractivity contribution >= 4 is 10.1 Å². The van der Waals surface area contributed by atoms with Crippen LogP contribution in [0.1, 0.15) is 32.7 Å². The van der Waals surface area contributed by atoms with E-state index < -0.39 is 10.1 Å². The number of rotatable bonds is 10. The smallest absolute Gasteiger partial charge is 1.00 e. The number of hydrogen-bond acceptors (Lipinski definition) is 3. The monoisotopic (exact) mass is 310 g/mol. The fraction of sp³-hybridized carbons (Fsp3) is 0.571. The first kappa shape index (κ1) is 20.1. The number of hydrogen-bond donors (Lipinski definition) is 1. The maximum Gasteiger partial charge on any atom is 1.00 e. The van der Waals surface area contributed by atoms with E-state index in [9.17, 15) is 8.42 Å². The summed E-state index contributed by atoms with van der Waals surface area (Å²) in [5.41, 5.74) is 1.34. The molecule has 20 heavy (non-hydrogen) atoms. The Bertz CT molecular complexity index is 440. The molecule has 0 aliphatic heterocycles. The van der Waals surface area contributed by atoms with Crippen molar-refractivity contribution in [1.29, 1.82) is 0 Å². The van der Waals surface area contributed by atoms with E-state index in [1.807, 2.05) is 18.2 Å². The molecule has 0 aliphatic carbocycles. The van der Waals surface area contributed by atoms with Gasteiger partial charge in [-0.3, -0.25) is 4.55 Å². The quantitative estimate of drug-likeness (QED) is 0.370. The van der Waals surface area contributed by atoms with Gasteiger partial charge >= 0.3 is 29.6 Å². The maximum absolute atomic E-state index is 10.5. The maximum atomic E-state index is 10.5. The fourth-order valence-corrected chi connectivity index (χ4v) is 2.34. The van der Waals surface area contributed by atoms with Gasteiger partial charge in [0, 0.05) is 13.2 Å². The topological polar surface area (TPSA) is 63.6 Å². The van der Waals surface area contributed by atoms with Crippen molar-refractivity contribution in [2.24, 2.45) is 0 Å². The van der Waals surface area contributed by atoms with Crippen molar-refractivity contribution in [3.05, 3.63) is 35.9 Å². The summed E-state index contributed by atoms with van der Waals surface area (Å²) in [7, 11) is -3.81. The molecule has 1 aromatic rings. The van der Waals surface area contributed by atoms with E-state index in [0.717, 1.165) is 19.3 Å². The predicted octanol–water partition coefficient (Wildman–Crippen LogP) is -0.190. The molecular formula is C14H23NaO4S. The first-order chi connectivity index (χ1) is 9.08. The summed E-state index contributed by atoms with van der Waals surface area (Å²) in [4.78, 5) is 0. The Kier molecular flexibility index (Phi) is 11.8. The molecule has 4 nitrogen and oxygen atoms in total. The first-order valence-electron chi connectivity index (χ1n) is 6.65. The molecule has 0 atom stereocenters. The molecule has 0 aliphatic rings. The molecule has 1 rings (SSSR count). The fourth-order valence-electron chi connectivity index (χ4n) is 1.77. The van der Waals surface area contributed by atoms with Gasteiger partial charge in [-0.15, -0.1) is 0 Å². The van der Waals surface area contributed by atoms with Gasteiger partial charge in [0.2, 0.25) is 0 Å². The Morgan fingerprint density at radius 1 is 1.00 bits per heavy atom. The second-order valence-electron chi connectivity index (χ2n) is 4.55. The summed E-state index contributed by atoms with van der Waals surface area (Å²) in [6.07, 6.45) is 4.27. The molecule has 0 spiro atoms. The summed E-state index contributed by atoms with van der Waals surface area (Å²) < 4.78 is 34.8. The van der Waals surface area contributed by atoms with Crippen LogP contribution in [0.3, 0.4) is 0 Å². The van der Waals surface area contributed by atoms with E-state index in [1.54, 1.807) is 0 Å². The SMILES string of the molecule is O=S(=O)(O)CCCCOCCCCc1ccccc1.[H-].[Na+]. The molecule has 110 valence electrons. The van der Waals surface area contributed by atoms with E-state index in [1.165, 1.54) is 5.56 Å². The van der Waals surface area contributed by atoms with Crippen LogP contribution in [0.15, 0.2) is 30.3 Å². The third-order valence-electron chi connectivity index (χ3n) is 2.79. The van der Waals surface area contributed by atoms with Crippen molar-refractivity contribution in [3.8, 4) is 0 Å². The van der Waals surface area contributed by atoms with Crippen molar-refractivity contribution in [2.75, 3.05) is 19.0 Å². The summed E-state index contributed by atoms with van der Waals surface area (Å²) in [6, 6.07) is 10.3. The van der Waals surface area contributed by atoms with Crippen LogP contribution >= 0.6 is 0 Å². The molecule has 0 bridgehead atoms. The molecule has 0 saturated carbocycles. The third kappa shape index (κ3) is 11.9. The van der Waals surface area contributed by atoms with E-state index >= 15 is 0 Å². The predicted molar refractivity (Wildman–Crippen MR) is 77.0 cm³/mol. The average Bonchev–Trinajstić information content (AvgIpc) is 2.37. The molecule has 0 amide bonds. The minimum atomic E-state index is -3.81. The van der Waals surface area contributed by atoms with Crippen LogP contribution in [0, 0.1) is 0 Å². The number of aryl methyl sites for hydroxylation is 1. The van der Waals surface area contributed by atoms with Gasteiger partial charge in [-0.2, -0.15) is 8.42 Å². The van der Waals surface area contributed by atoms with Crippen molar-refractivity contribution < 1.29 is 48.7 Å². The molecule has 0 aromatic heterocycles. The van der Waals surface area contributed by atoms with Crippen molar-refractivity contribution in [2.45, 2.75) is 32.1 Å². The Morgan fingerprint density at radius 3 is 2.20 bits per heavy atom. The third-order valence-corrected chi connectivity index (χ3v) is 3.59. The molecule has 0 heterocycles. The Balaban J connectivity index is 0. The molecule has 0 fully saturated rings. The average molecular weight is 310 g/mol. The van der Waals surface area contributed by atoms with Gasteiger partial charge in [-0.05, 0) is 37.7 Å². The van der Waals surface area contributed by atoms with Crippen LogP contribution in [0.5, 0.6) is 0 Å². The van der Waals surface area contributed by atoms with Crippen molar-refractivity contribution in [1.82, 2.24) is 0 Å². The second kappa shape index (κ2) is 11.7. The molecule has 0 saturated heterocycles. The number of benzene rings is 1. The zero-order valence-corrected chi connectivity index (χ0v) is 14.9. The van der Waals surface area contributed by atoms with Crippen LogP contribution in [-0.4, -0.2) is 31.9 Å². The van der Waals surface area contributed by atoms with Crippen LogP contribution in [0.4, 0.5) is 0 Å². The van der Waals surface area contributed by atoms with Gasteiger partial charge in [0.15, 0.2) is 0 Å². The number of unbranched alkanes of at least 4 members (excludes halogenated alkanes) is 2. The molecule has 0 radical (unpaired) electrons. The molecular weight excluding hydrogens is 287 g/mol. The van der Waals surface area contributed by atoms with Crippen LogP contribution in [0.25, 0.3) is 0 Å². The van der Waals surface area contributed by atoms with Gasteiger partial charge in [-0.25, -0.2) is 0 Å². The minimum absolute atomic E-state index is 0. The van der Waals surface area contributed by atoms with Gasteiger partial charge in [0.25, 0.3) is 10.1 Å². The van der Waals surface area contributed by atoms with Crippen LogP contribution in [0.2, 0.25) is 0 Å². The zero-order valence-electron chi connectivity index (χ0n) is 13.1. The largest absolute Gasteiger partial charge is 1.00 e. The van der Waals surface area contributed by atoms with E-state index in [2.05, 4.69) is 12.1 Å². The minimum Gasteiger partial charge on any atom is -1.00 e. The Morgan fingerprint density at radius 2 is 1.60 bits per heavy atom. The number of ether oxygens (including phenoxy) is 1. The molecule has 6 heteroatoms. The van der Waals surface area contributed by atoms with E-state index in [4.69, 9.17) is 9.29 Å². The second-order valence-corrected chi connectivity index (χ2v) is 6.12. The summed E-state index contributed by atoms with van der Waals surface area (Å²) in [5.74, 6) is -0.176. The van der Waals surface area contributed by atoms with Gasteiger partial charge in [0.05, 0.1) is 5.75 Å². The Labute approximate surface area is 145 Å².